The Morgan fingerprint density at radius 1 is 1.00 bits per heavy atom. The van der Waals surface area contributed by atoms with Gasteiger partial charge < -0.3 is 0 Å². The van der Waals surface area contributed by atoms with Crippen LogP contribution in [0.5, 0.6) is 0 Å². The number of ketones is 1. The van der Waals surface area contributed by atoms with Crippen LogP contribution >= 0.6 is 0 Å². The normalized spacial score (nSPS) is 17.8. The zero-order chi connectivity index (χ0) is 13.0. The second-order valence-corrected chi connectivity index (χ2v) is 4.75. The average molecular weight is 244 g/mol. The third kappa shape index (κ3) is 1.37. The Bertz CT molecular complexity index is 806. The van der Waals surface area contributed by atoms with Gasteiger partial charge in [-0.05, 0) is 41.0 Å². The minimum Gasteiger partial charge on any atom is -0.289 e. The second kappa shape index (κ2) is 3.39. The SMILES string of the molecule is N#Cc1ccc2c(c1)-c1cc(C3C=N3)ccc1C2=O. The molecular formula is C16H8N2O. The molecule has 3 heteroatoms. The van der Waals surface area contributed by atoms with Crippen molar-refractivity contribution in [2.24, 2.45) is 4.99 Å². The third-order valence-electron chi connectivity index (χ3n) is 3.61. The molecule has 1 aliphatic heterocycles. The first kappa shape index (κ1) is 10.2. The Morgan fingerprint density at radius 2 is 1.68 bits per heavy atom. The van der Waals surface area contributed by atoms with Gasteiger partial charge in [0, 0.05) is 17.3 Å². The summed E-state index contributed by atoms with van der Waals surface area (Å²) in [7, 11) is 0. The summed E-state index contributed by atoms with van der Waals surface area (Å²) >= 11 is 0. The lowest BCUT2D eigenvalue weighted by atomic mass is 10.00. The number of carbonyl (C=O) groups excluding carboxylic acids is 1. The average Bonchev–Trinajstić information content (AvgIpc) is 3.26. The fourth-order valence-corrected chi connectivity index (χ4v) is 2.56. The van der Waals surface area contributed by atoms with Crippen LogP contribution in [0.15, 0.2) is 41.4 Å². The molecule has 0 bridgehead atoms. The van der Waals surface area contributed by atoms with Crippen molar-refractivity contribution in [2.45, 2.75) is 6.04 Å². The first-order valence-electron chi connectivity index (χ1n) is 6.04. The lowest BCUT2D eigenvalue weighted by Gasteiger charge is -2.03. The molecule has 2 aromatic rings. The molecule has 19 heavy (non-hydrogen) atoms. The van der Waals surface area contributed by atoms with E-state index >= 15 is 0 Å². The number of hydrogen-bond acceptors (Lipinski definition) is 3. The van der Waals surface area contributed by atoms with Gasteiger partial charge in [0.1, 0.15) is 6.04 Å². The van der Waals surface area contributed by atoms with Crippen LogP contribution < -0.4 is 0 Å². The van der Waals surface area contributed by atoms with E-state index in [4.69, 9.17) is 5.26 Å². The lowest BCUT2D eigenvalue weighted by molar-refractivity contribution is 0.104. The fourth-order valence-electron chi connectivity index (χ4n) is 2.56. The Morgan fingerprint density at radius 3 is 2.37 bits per heavy atom. The summed E-state index contributed by atoms with van der Waals surface area (Å²) in [5.74, 6) is 0.0396. The summed E-state index contributed by atoms with van der Waals surface area (Å²) in [5.41, 5.74) is 4.86. The van der Waals surface area contributed by atoms with Gasteiger partial charge in [-0.2, -0.15) is 5.26 Å². The number of rotatable bonds is 1. The van der Waals surface area contributed by atoms with Crippen LogP contribution in [-0.2, 0) is 0 Å². The molecule has 0 saturated carbocycles. The second-order valence-electron chi connectivity index (χ2n) is 4.75. The molecule has 88 valence electrons. The van der Waals surface area contributed by atoms with E-state index in [9.17, 15) is 4.79 Å². The largest absolute Gasteiger partial charge is 0.289 e. The first-order chi connectivity index (χ1) is 9.28. The van der Waals surface area contributed by atoms with Gasteiger partial charge in [-0.1, -0.05) is 12.1 Å². The molecule has 0 fully saturated rings. The molecule has 0 amide bonds. The van der Waals surface area contributed by atoms with E-state index in [2.05, 4.69) is 11.1 Å². The van der Waals surface area contributed by atoms with Crippen LogP contribution in [0.25, 0.3) is 11.1 Å². The molecule has 1 atom stereocenters. The van der Waals surface area contributed by atoms with E-state index in [1.165, 1.54) is 0 Å². The van der Waals surface area contributed by atoms with Crippen molar-refractivity contribution in [1.82, 2.24) is 0 Å². The van der Waals surface area contributed by atoms with Gasteiger partial charge in [0.15, 0.2) is 5.78 Å². The molecule has 0 saturated heterocycles. The van der Waals surface area contributed by atoms with E-state index in [1.54, 1.807) is 18.2 Å². The maximum absolute atomic E-state index is 12.3. The van der Waals surface area contributed by atoms with E-state index in [-0.39, 0.29) is 11.8 Å². The van der Waals surface area contributed by atoms with Crippen molar-refractivity contribution >= 4 is 12.0 Å². The monoisotopic (exact) mass is 244 g/mol. The molecule has 1 heterocycles. The Hall–Kier alpha value is -2.73. The topological polar surface area (TPSA) is 53.2 Å². The number of hydrogen-bond donors (Lipinski definition) is 0. The molecule has 0 spiro atoms. The number of carbonyl (C=O) groups is 1. The van der Waals surface area contributed by atoms with Gasteiger partial charge in [0.25, 0.3) is 0 Å². The molecule has 1 aliphatic carbocycles. The van der Waals surface area contributed by atoms with Gasteiger partial charge >= 0.3 is 0 Å². The van der Waals surface area contributed by atoms with E-state index in [0.29, 0.717) is 11.1 Å². The third-order valence-corrected chi connectivity index (χ3v) is 3.61. The van der Waals surface area contributed by atoms with Crippen LogP contribution in [0, 0.1) is 11.3 Å². The van der Waals surface area contributed by atoms with Crippen LogP contribution in [0.4, 0.5) is 0 Å². The van der Waals surface area contributed by atoms with Crippen molar-refractivity contribution in [2.75, 3.05) is 0 Å². The molecule has 3 nitrogen and oxygen atoms in total. The van der Waals surface area contributed by atoms with Gasteiger partial charge in [-0.3, -0.25) is 9.79 Å². The first-order valence-corrected chi connectivity index (χ1v) is 6.04. The number of nitriles is 1. The summed E-state index contributed by atoms with van der Waals surface area (Å²) in [6.07, 6.45) is 1.88. The molecular weight excluding hydrogens is 236 g/mol. The molecule has 2 aliphatic rings. The quantitative estimate of drug-likeness (QED) is 0.660. The number of benzene rings is 2. The van der Waals surface area contributed by atoms with Crippen molar-refractivity contribution in [3.63, 3.8) is 0 Å². The number of aliphatic imine (C=N–C) groups is 1. The Kier molecular flexibility index (Phi) is 1.82. The molecule has 0 N–H and O–H groups in total. The maximum atomic E-state index is 12.3. The highest BCUT2D eigenvalue weighted by Gasteiger charge is 2.28. The minimum atomic E-state index is 0.0396. The highest BCUT2D eigenvalue weighted by atomic mass is 16.1. The van der Waals surface area contributed by atoms with Crippen molar-refractivity contribution in [3.8, 4) is 17.2 Å². The highest BCUT2D eigenvalue weighted by Crippen LogP contribution is 2.39. The Labute approximate surface area is 109 Å². The summed E-state index contributed by atoms with van der Waals surface area (Å²) in [4.78, 5) is 16.4. The summed E-state index contributed by atoms with van der Waals surface area (Å²) in [5, 5.41) is 8.98. The smallest absolute Gasteiger partial charge is 0.194 e. The van der Waals surface area contributed by atoms with E-state index in [1.807, 2.05) is 24.4 Å². The van der Waals surface area contributed by atoms with Gasteiger partial charge in [0.2, 0.25) is 0 Å². The van der Waals surface area contributed by atoms with Crippen molar-refractivity contribution in [1.29, 1.82) is 5.26 Å². The zero-order valence-electron chi connectivity index (χ0n) is 9.92. The molecule has 1 unspecified atom stereocenters. The molecule has 2 aromatic carbocycles. The van der Waals surface area contributed by atoms with Crippen LogP contribution in [-0.4, -0.2) is 12.0 Å². The fraction of sp³-hybridized carbons (Fsp3) is 0.0625. The number of fused-ring (bicyclic) bond motifs is 3. The standard InChI is InChI=1S/C16H8N2O/c17-7-9-1-3-11-13(5-9)14-6-10(15-8-18-15)2-4-12(14)16(11)19/h1-6,8,15H. The van der Waals surface area contributed by atoms with Crippen molar-refractivity contribution in [3.05, 3.63) is 58.7 Å². The molecule has 0 aromatic heterocycles. The molecule has 4 rings (SSSR count). The minimum absolute atomic E-state index is 0.0396. The summed E-state index contributed by atoms with van der Waals surface area (Å²) < 4.78 is 0. The van der Waals surface area contributed by atoms with Gasteiger partial charge in [-0.15, -0.1) is 0 Å². The molecule has 0 radical (unpaired) electrons. The summed E-state index contributed by atoms with van der Waals surface area (Å²) in [6.45, 7) is 0. The van der Waals surface area contributed by atoms with E-state index in [0.717, 1.165) is 22.3 Å². The predicted molar refractivity (Wildman–Crippen MR) is 71.3 cm³/mol. The van der Waals surface area contributed by atoms with Crippen LogP contribution in [0.2, 0.25) is 0 Å². The van der Waals surface area contributed by atoms with Gasteiger partial charge in [-0.25, -0.2) is 0 Å². The summed E-state index contributed by atoms with van der Waals surface area (Å²) in [6, 6.07) is 13.3. The highest BCUT2D eigenvalue weighted by molar-refractivity contribution is 6.21. The number of nitrogens with zero attached hydrogens (tertiary/aromatic N) is 2. The van der Waals surface area contributed by atoms with E-state index < -0.39 is 0 Å². The maximum Gasteiger partial charge on any atom is 0.194 e. The van der Waals surface area contributed by atoms with Crippen LogP contribution in [0.1, 0.15) is 33.1 Å². The lowest BCUT2D eigenvalue weighted by Crippen LogP contribution is -1.95. The zero-order valence-corrected chi connectivity index (χ0v) is 9.92. The van der Waals surface area contributed by atoms with Crippen LogP contribution in [0.3, 0.4) is 0 Å². The Balaban J connectivity index is 1.96. The van der Waals surface area contributed by atoms with Crippen molar-refractivity contribution < 1.29 is 4.79 Å². The predicted octanol–water partition coefficient (Wildman–Crippen LogP) is 2.90. The van der Waals surface area contributed by atoms with Gasteiger partial charge in [0.05, 0.1) is 11.6 Å².